The quantitative estimate of drug-likeness (QED) is 0.285. The molecule has 0 bridgehead atoms. The minimum Gasteiger partial charge on any atom is -0.396 e. The highest BCUT2D eigenvalue weighted by Gasteiger charge is 2.09. The van der Waals surface area contributed by atoms with Gasteiger partial charge in [-0.2, -0.15) is 0 Å². The van der Waals surface area contributed by atoms with Crippen LogP contribution in [0.1, 0.15) is 56.1 Å². The lowest BCUT2D eigenvalue weighted by Crippen LogP contribution is -2.31. The van der Waals surface area contributed by atoms with Crippen molar-refractivity contribution in [3.63, 3.8) is 0 Å². The van der Waals surface area contributed by atoms with Gasteiger partial charge in [-0.25, -0.2) is 0 Å². The summed E-state index contributed by atoms with van der Waals surface area (Å²) in [7, 11) is 0. The molecule has 1 aliphatic rings. The average Bonchev–Trinajstić information content (AvgIpc) is 2.77. The van der Waals surface area contributed by atoms with Gasteiger partial charge in [-0.15, -0.1) is 0 Å². The van der Waals surface area contributed by atoms with Crippen LogP contribution >= 0.6 is 0 Å². The third kappa shape index (κ3) is 7.47. The third-order valence-corrected chi connectivity index (χ3v) is 5.41. The van der Waals surface area contributed by atoms with Crippen molar-refractivity contribution >= 4 is 5.71 Å². The molecule has 1 heterocycles. The van der Waals surface area contributed by atoms with Crippen LogP contribution in [0.2, 0.25) is 0 Å². The number of piperidine rings is 1. The fraction of sp³-hybridized carbons (Fsp3) is 0.480. The zero-order valence-corrected chi connectivity index (χ0v) is 17.1. The van der Waals surface area contributed by atoms with Gasteiger partial charge in [-0.1, -0.05) is 72.2 Å². The fourth-order valence-electron chi connectivity index (χ4n) is 3.80. The van der Waals surface area contributed by atoms with Crippen molar-refractivity contribution in [2.45, 2.75) is 51.4 Å². The number of hydrogen-bond acceptors (Lipinski definition) is 3. The van der Waals surface area contributed by atoms with Crippen molar-refractivity contribution in [3.8, 4) is 0 Å². The summed E-state index contributed by atoms with van der Waals surface area (Å²) in [5, 5.41) is 4.52. The first-order valence-electron chi connectivity index (χ1n) is 10.9. The van der Waals surface area contributed by atoms with E-state index in [1.165, 1.54) is 49.9 Å². The number of hydrogen-bond donors (Lipinski definition) is 0. The summed E-state index contributed by atoms with van der Waals surface area (Å²) in [4.78, 5) is 8.27. The highest BCUT2D eigenvalue weighted by atomic mass is 16.6. The molecule has 0 saturated carbocycles. The second-order valence-electron chi connectivity index (χ2n) is 7.69. The molecule has 2 aromatic rings. The maximum Gasteiger partial charge on any atom is 0.118 e. The average molecular weight is 379 g/mol. The topological polar surface area (TPSA) is 24.8 Å². The van der Waals surface area contributed by atoms with Gasteiger partial charge in [0.2, 0.25) is 0 Å². The van der Waals surface area contributed by atoms with E-state index >= 15 is 0 Å². The molecule has 150 valence electrons. The molecule has 0 N–H and O–H groups in total. The number of unbranched alkanes of at least 4 members (excludes halogenated alkanes) is 1. The summed E-state index contributed by atoms with van der Waals surface area (Å²) in [6, 6.07) is 21.2. The van der Waals surface area contributed by atoms with Crippen molar-refractivity contribution < 1.29 is 4.84 Å². The van der Waals surface area contributed by atoms with Gasteiger partial charge in [0.15, 0.2) is 0 Å². The number of benzene rings is 2. The molecule has 3 nitrogen and oxygen atoms in total. The smallest absolute Gasteiger partial charge is 0.118 e. The minimum absolute atomic E-state index is 0.705. The van der Waals surface area contributed by atoms with E-state index in [0.717, 1.165) is 37.9 Å². The minimum atomic E-state index is 0.705. The van der Waals surface area contributed by atoms with Gasteiger partial charge < -0.3 is 9.74 Å². The Hall–Kier alpha value is -2.13. The standard InChI is InChI=1S/C25H34N2O/c1-4-13-23(14-5-1)15-8-9-18-25(24-16-6-2-7-17-24)26-28-22-12-21-27-19-10-3-11-20-27/h1-2,4-7,13-14,16-17H,3,8-12,15,18-22H2. The van der Waals surface area contributed by atoms with Gasteiger partial charge in [-0.3, -0.25) is 0 Å². The third-order valence-electron chi connectivity index (χ3n) is 5.41. The summed E-state index contributed by atoms with van der Waals surface area (Å²) in [5.74, 6) is 0. The first kappa shape index (κ1) is 20.6. The van der Waals surface area contributed by atoms with E-state index in [9.17, 15) is 0 Å². The number of aryl methyl sites for hydroxylation is 1. The predicted octanol–water partition coefficient (Wildman–Crippen LogP) is 5.70. The molecule has 0 aliphatic carbocycles. The van der Waals surface area contributed by atoms with Crippen LogP contribution in [0.25, 0.3) is 0 Å². The Morgan fingerprint density at radius 1 is 0.821 bits per heavy atom. The first-order chi connectivity index (χ1) is 13.9. The number of likely N-dealkylation sites (tertiary alicyclic amines) is 1. The fourth-order valence-corrected chi connectivity index (χ4v) is 3.80. The van der Waals surface area contributed by atoms with Gasteiger partial charge in [0.05, 0.1) is 5.71 Å². The summed E-state index contributed by atoms with van der Waals surface area (Å²) >= 11 is 0. The lowest BCUT2D eigenvalue weighted by molar-refractivity contribution is 0.124. The second kappa shape index (κ2) is 12.4. The van der Waals surface area contributed by atoms with Crippen LogP contribution in [0, 0.1) is 0 Å². The molecule has 3 rings (SSSR count). The largest absolute Gasteiger partial charge is 0.396 e. The van der Waals surface area contributed by atoms with Crippen LogP contribution in [0.15, 0.2) is 65.8 Å². The van der Waals surface area contributed by atoms with E-state index in [2.05, 4.69) is 70.7 Å². The van der Waals surface area contributed by atoms with E-state index < -0.39 is 0 Å². The Labute approximate surface area is 170 Å². The van der Waals surface area contributed by atoms with E-state index in [1.54, 1.807) is 0 Å². The zero-order chi connectivity index (χ0) is 19.3. The zero-order valence-electron chi connectivity index (χ0n) is 17.1. The molecule has 0 amide bonds. The number of rotatable bonds is 11. The van der Waals surface area contributed by atoms with Gasteiger partial charge in [0.25, 0.3) is 0 Å². The van der Waals surface area contributed by atoms with E-state index in [0.29, 0.717) is 6.61 Å². The van der Waals surface area contributed by atoms with Crippen LogP contribution in [0.4, 0.5) is 0 Å². The SMILES string of the molecule is c1ccc(CCCCC(=NOCCCN2CCCCC2)c2ccccc2)cc1. The highest BCUT2D eigenvalue weighted by Crippen LogP contribution is 2.12. The van der Waals surface area contributed by atoms with Crippen molar-refractivity contribution in [3.05, 3.63) is 71.8 Å². The van der Waals surface area contributed by atoms with Crippen molar-refractivity contribution in [1.29, 1.82) is 0 Å². The van der Waals surface area contributed by atoms with Crippen molar-refractivity contribution in [1.82, 2.24) is 4.90 Å². The number of oxime groups is 1. The molecule has 28 heavy (non-hydrogen) atoms. The van der Waals surface area contributed by atoms with Gasteiger partial charge >= 0.3 is 0 Å². The highest BCUT2D eigenvalue weighted by molar-refractivity contribution is 6.00. The normalized spacial score (nSPS) is 15.5. The Bertz CT molecular complexity index is 678. The van der Waals surface area contributed by atoms with Crippen LogP contribution in [-0.2, 0) is 11.3 Å². The Morgan fingerprint density at radius 3 is 2.29 bits per heavy atom. The lowest BCUT2D eigenvalue weighted by Gasteiger charge is -2.25. The molecular formula is C25H34N2O. The molecule has 2 aromatic carbocycles. The molecule has 0 radical (unpaired) electrons. The Balaban J connectivity index is 1.42. The van der Waals surface area contributed by atoms with E-state index in [1.807, 2.05) is 0 Å². The second-order valence-corrected chi connectivity index (χ2v) is 7.69. The van der Waals surface area contributed by atoms with Gasteiger partial charge in [-0.05, 0) is 69.2 Å². The molecular weight excluding hydrogens is 344 g/mol. The Kier molecular flexibility index (Phi) is 9.09. The first-order valence-corrected chi connectivity index (χ1v) is 10.9. The molecule has 0 atom stereocenters. The molecule has 1 aliphatic heterocycles. The summed E-state index contributed by atoms with van der Waals surface area (Å²) in [5.41, 5.74) is 3.67. The molecule has 3 heteroatoms. The van der Waals surface area contributed by atoms with Gasteiger partial charge in [0.1, 0.15) is 6.61 Å². The molecule has 0 unspecified atom stereocenters. The summed E-state index contributed by atoms with van der Waals surface area (Å²) < 4.78 is 0. The summed E-state index contributed by atoms with van der Waals surface area (Å²) in [6.45, 7) is 4.34. The van der Waals surface area contributed by atoms with Crippen LogP contribution in [0.5, 0.6) is 0 Å². The van der Waals surface area contributed by atoms with E-state index in [-0.39, 0.29) is 0 Å². The van der Waals surface area contributed by atoms with Crippen LogP contribution in [0.3, 0.4) is 0 Å². The number of nitrogens with zero attached hydrogens (tertiary/aromatic N) is 2. The maximum absolute atomic E-state index is 5.72. The van der Waals surface area contributed by atoms with Crippen LogP contribution in [-0.4, -0.2) is 36.9 Å². The predicted molar refractivity (Wildman–Crippen MR) is 118 cm³/mol. The Morgan fingerprint density at radius 2 is 1.54 bits per heavy atom. The van der Waals surface area contributed by atoms with E-state index in [4.69, 9.17) is 4.84 Å². The lowest BCUT2D eigenvalue weighted by atomic mass is 10.0. The molecule has 0 spiro atoms. The monoisotopic (exact) mass is 378 g/mol. The maximum atomic E-state index is 5.72. The van der Waals surface area contributed by atoms with Gasteiger partial charge in [0, 0.05) is 6.54 Å². The van der Waals surface area contributed by atoms with Crippen molar-refractivity contribution in [2.24, 2.45) is 5.16 Å². The molecule has 1 saturated heterocycles. The van der Waals surface area contributed by atoms with Crippen LogP contribution < -0.4 is 0 Å². The molecule has 0 aromatic heterocycles. The van der Waals surface area contributed by atoms with Crippen molar-refractivity contribution in [2.75, 3.05) is 26.2 Å². The summed E-state index contributed by atoms with van der Waals surface area (Å²) in [6.07, 6.45) is 9.52. The molecule has 1 fully saturated rings.